The van der Waals surface area contributed by atoms with E-state index in [1.807, 2.05) is 0 Å². The van der Waals surface area contributed by atoms with Crippen LogP contribution in [0, 0.1) is 5.82 Å². The molecule has 0 atom stereocenters. The van der Waals surface area contributed by atoms with Gasteiger partial charge >= 0.3 is 0 Å². The van der Waals surface area contributed by atoms with Crippen molar-refractivity contribution < 1.29 is 18.7 Å². The van der Waals surface area contributed by atoms with Gasteiger partial charge in [0.1, 0.15) is 0 Å². The number of amides is 2. The van der Waals surface area contributed by atoms with Crippen molar-refractivity contribution in [1.29, 1.82) is 0 Å². The van der Waals surface area contributed by atoms with Crippen LogP contribution in [-0.4, -0.2) is 25.0 Å². The molecule has 24 heavy (non-hydrogen) atoms. The van der Waals surface area contributed by atoms with Crippen LogP contribution in [0.5, 0.6) is 5.75 Å². The molecule has 0 unspecified atom stereocenters. The first-order valence-corrected chi connectivity index (χ1v) is 8.42. The molecule has 0 aromatic heterocycles. The van der Waals surface area contributed by atoms with Gasteiger partial charge in [-0.25, -0.2) is 4.39 Å². The van der Waals surface area contributed by atoms with Gasteiger partial charge in [0.2, 0.25) is 5.91 Å². The molecule has 0 aliphatic rings. The number of hydrogen-bond donors (Lipinski definition) is 2. The van der Waals surface area contributed by atoms with E-state index < -0.39 is 11.7 Å². The molecule has 0 bridgehead atoms. The molecule has 0 aliphatic heterocycles. The molecule has 0 saturated heterocycles. The Bertz CT molecular complexity index is 739. The first-order valence-electron chi connectivity index (χ1n) is 6.84. The van der Waals surface area contributed by atoms with Gasteiger partial charge in [0.05, 0.1) is 6.54 Å². The fourth-order valence-corrected chi connectivity index (χ4v) is 2.30. The number of rotatable bonds is 6. The smallest absolute Gasteiger partial charge is 0.258 e. The van der Waals surface area contributed by atoms with Crippen LogP contribution in [0.1, 0.15) is 0 Å². The summed E-state index contributed by atoms with van der Waals surface area (Å²) in [6.07, 6.45) is 0. The number of carbonyl (C=O) groups is 2. The fourth-order valence-electron chi connectivity index (χ4n) is 1.70. The molecule has 2 amide bonds. The van der Waals surface area contributed by atoms with Crippen molar-refractivity contribution in [3.63, 3.8) is 0 Å². The maximum Gasteiger partial charge on any atom is 0.258 e. The molecule has 0 aliphatic carbocycles. The van der Waals surface area contributed by atoms with Crippen LogP contribution in [0.2, 0.25) is 0 Å². The van der Waals surface area contributed by atoms with Crippen molar-refractivity contribution in [2.75, 3.05) is 18.5 Å². The Labute approximate surface area is 154 Å². The molecular formula is C16H13Br2FN2O3. The summed E-state index contributed by atoms with van der Waals surface area (Å²) in [7, 11) is 0. The second-order valence-electron chi connectivity index (χ2n) is 4.70. The lowest BCUT2D eigenvalue weighted by Crippen LogP contribution is -2.35. The molecule has 126 valence electrons. The molecule has 0 fully saturated rings. The summed E-state index contributed by atoms with van der Waals surface area (Å²) in [4.78, 5) is 23.4. The standard InChI is InChI=1S/C16H13Br2FN2O3/c17-10-1-4-12(5-2-10)21-15(22)8-20-16(23)9-24-14-6-3-11(18)7-13(14)19/h1-7H,8-9H2,(H,20,23)(H,21,22). The van der Waals surface area contributed by atoms with Crippen LogP contribution in [0.3, 0.4) is 0 Å². The number of benzene rings is 2. The quantitative estimate of drug-likeness (QED) is 0.694. The molecular weight excluding hydrogens is 447 g/mol. The van der Waals surface area contributed by atoms with Crippen molar-refractivity contribution in [2.45, 2.75) is 0 Å². The normalized spacial score (nSPS) is 10.1. The van der Waals surface area contributed by atoms with Gasteiger partial charge in [0.25, 0.3) is 5.91 Å². The summed E-state index contributed by atoms with van der Waals surface area (Å²) in [6, 6.07) is 11.3. The average Bonchev–Trinajstić information content (AvgIpc) is 2.54. The van der Waals surface area contributed by atoms with Crippen molar-refractivity contribution in [2.24, 2.45) is 0 Å². The average molecular weight is 460 g/mol. The Hall–Kier alpha value is -1.93. The Kier molecular flexibility index (Phi) is 6.74. The van der Waals surface area contributed by atoms with Crippen LogP contribution in [0.25, 0.3) is 0 Å². The second-order valence-corrected chi connectivity index (χ2v) is 6.53. The largest absolute Gasteiger partial charge is 0.481 e. The molecule has 2 rings (SSSR count). The number of carbonyl (C=O) groups excluding carboxylic acids is 2. The summed E-state index contributed by atoms with van der Waals surface area (Å²) in [5, 5.41) is 5.03. The van der Waals surface area contributed by atoms with E-state index in [2.05, 4.69) is 42.5 Å². The Morgan fingerprint density at radius 1 is 1.00 bits per heavy atom. The highest BCUT2D eigenvalue weighted by Crippen LogP contribution is 2.21. The Balaban J connectivity index is 1.74. The van der Waals surface area contributed by atoms with Crippen molar-refractivity contribution >= 4 is 49.4 Å². The lowest BCUT2D eigenvalue weighted by atomic mass is 10.3. The van der Waals surface area contributed by atoms with Gasteiger partial charge in [-0.2, -0.15) is 0 Å². The lowest BCUT2D eigenvalue weighted by Gasteiger charge is -2.09. The second kappa shape index (κ2) is 8.79. The predicted molar refractivity (Wildman–Crippen MR) is 95.4 cm³/mol. The first kappa shape index (κ1) is 18.4. The maximum absolute atomic E-state index is 13.5. The molecule has 5 nitrogen and oxygen atoms in total. The van der Waals surface area contributed by atoms with Crippen molar-refractivity contribution in [3.8, 4) is 5.75 Å². The zero-order chi connectivity index (χ0) is 17.5. The van der Waals surface area contributed by atoms with E-state index in [0.717, 1.165) is 4.47 Å². The molecule has 0 spiro atoms. The molecule has 0 radical (unpaired) electrons. The van der Waals surface area contributed by atoms with Gasteiger partial charge in [0.15, 0.2) is 18.2 Å². The fraction of sp³-hybridized carbons (Fsp3) is 0.125. The Morgan fingerprint density at radius 2 is 1.67 bits per heavy atom. The van der Waals surface area contributed by atoms with Crippen LogP contribution >= 0.6 is 31.9 Å². The minimum atomic E-state index is -0.579. The number of anilines is 1. The predicted octanol–water partition coefficient (Wildman–Crippen LogP) is 3.48. The van der Waals surface area contributed by atoms with E-state index >= 15 is 0 Å². The molecule has 0 saturated carbocycles. The van der Waals surface area contributed by atoms with Crippen LogP contribution in [-0.2, 0) is 9.59 Å². The number of hydrogen-bond acceptors (Lipinski definition) is 3. The SMILES string of the molecule is O=C(COc1ccc(Br)cc1F)NCC(=O)Nc1ccc(Br)cc1. The van der Waals surface area contributed by atoms with Gasteiger partial charge in [-0.05, 0) is 42.5 Å². The summed E-state index contributed by atoms with van der Waals surface area (Å²) in [6.45, 7) is -0.592. The summed E-state index contributed by atoms with van der Waals surface area (Å²) in [5.41, 5.74) is 0.616. The highest BCUT2D eigenvalue weighted by atomic mass is 79.9. The summed E-state index contributed by atoms with van der Waals surface area (Å²) in [5.74, 6) is -1.51. The number of nitrogens with one attached hydrogen (secondary N) is 2. The highest BCUT2D eigenvalue weighted by molar-refractivity contribution is 9.10. The van der Waals surface area contributed by atoms with Crippen LogP contribution in [0.4, 0.5) is 10.1 Å². The van der Waals surface area contributed by atoms with E-state index in [-0.39, 0.29) is 24.8 Å². The van der Waals surface area contributed by atoms with Crippen LogP contribution in [0.15, 0.2) is 51.4 Å². The third kappa shape index (κ3) is 5.93. The molecule has 2 aromatic rings. The number of halogens is 3. The minimum absolute atomic E-state index is 0.0346. The van der Waals surface area contributed by atoms with Crippen LogP contribution < -0.4 is 15.4 Å². The molecule has 2 N–H and O–H groups in total. The monoisotopic (exact) mass is 458 g/mol. The topological polar surface area (TPSA) is 67.4 Å². The van der Waals surface area contributed by atoms with E-state index in [9.17, 15) is 14.0 Å². The Morgan fingerprint density at radius 3 is 2.33 bits per heavy atom. The molecule has 2 aromatic carbocycles. The summed E-state index contributed by atoms with van der Waals surface area (Å²) < 4.78 is 20.1. The van der Waals surface area contributed by atoms with E-state index in [1.165, 1.54) is 12.1 Å². The van der Waals surface area contributed by atoms with E-state index in [1.54, 1.807) is 30.3 Å². The van der Waals surface area contributed by atoms with Crippen molar-refractivity contribution in [1.82, 2.24) is 5.32 Å². The lowest BCUT2D eigenvalue weighted by molar-refractivity contribution is -0.125. The van der Waals surface area contributed by atoms with E-state index in [0.29, 0.717) is 10.2 Å². The summed E-state index contributed by atoms with van der Waals surface area (Å²) >= 11 is 6.42. The highest BCUT2D eigenvalue weighted by Gasteiger charge is 2.09. The van der Waals surface area contributed by atoms with Gasteiger partial charge in [-0.1, -0.05) is 31.9 Å². The first-order chi connectivity index (χ1) is 11.4. The van der Waals surface area contributed by atoms with Gasteiger partial charge < -0.3 is 15.4 Å². The van der Waals surface area contributed by atoms with E-state index in [4.69, 9.17) is 4.74 Å². The molecule has 8 heteroatoms. The minimum Gasteiger partial charge on any atom is -0.481 e. The van der Waals surface area contributed by atoms with Gasteiger partial charge in [-0.3, -0.25) is 9.59 Å². The number of ether oxygens (including phenoxy) is 1. The maximum atomic E-state index is 13.5. The third-order valence-corrected chi connectivity index (χ3v) is 3.85. The van der Waals surface area contributed by atoms with Gasteiger partial charge in [-0.15, -0.1) is 0 Å². The van der Waals surface area contributed by atoms with Gasteiger partial charge in [0, 0.05) is 14.6 Å². The van der Waals surface area contributed by atoms with Crippen molar-refractivity contribution in [3.05, 3.63) is 57.2 Å². The third-order valence-electron chi connectivity index (χ3n) is 2.83. The zero-order valence-electron chi connectivity index (χ0n) is 12.3. The zero-order valence-corrected chi connectivity index (χ0v) is 15.5. The molecule has 0 heterocycles.